The van der Waals surface area contributed by atoms with E-state index < -0.39 is 0 Å². The van der Waals surface area contributed by atoms with Gasteiger partial charge < -0.3 is 14.2 Å². The van der Waals surface area contributed by atoms with E-state index in [-0.39, 0.29) is 24.1 Å². The van der Waals surface area contributed by atoms with Crippen molar-refractivity contribution in [3.63, 3.8) is 0 Å². The number of nitrogens with zero attached hydrogens (tertiary/aromatic N) is 1. The predicted molar refractivity (Wildman–Crippen MR) is 132 cm³/mol. The lowest BCUT2D eigenvalue weighted by atomic mass is 9.97. The number of hydrogen-bond donors (Lipinski definition) is 0. The molecule has 1 heterocycles. The van der Waals surface area contributed by atoms with Crippen molar-refractivity contribution in [2.24, 2.45) is 5.92 Å². The molecule has 5 heteroatoms. The summed E-state index contributed by atoms with van der Waals surface area (Å²) >= 11 is 0. The highest BCUT2D eigenvalue weighted by Crippen LogP contribution is 2.25. The molecule has 0 radical (unpaired) electrons. The maximum atomic E-state index is 12.6. The number of ether oxygens (including phenoxy) is 3. The molecule has 0 aliphatic carbocycles. The van der Waals surface area contributed by atoms with Crippen molar-refractivity contribution in [1.29, 1.82) is 0 Å². The average molecular weight is 454 g/mol. The van der Waals surface area contributed by atoms with Gasteiger partial charge in [0.15, 0.2) is 0 Å². The Kier molecular flexibility index (Phi) is 9.33. The molecule has 33 heavy (non-hydrogen) atoms. The van der Waals surface area contributed by atoms with E-state index in [0.717, 1.165) is 36.4 Å². The van der Waals surface area contributed by atoms with Gasteiger partial charge in [0, 0.05) is 19.6 Å². The van der Waals surface area contributed by atoms with Crippen molar-refractivity contribution in [1.82, 2.24) is 4.90 Å². The van der Waals surface area contributed by atoms with Gasteiger partial charge in [-0.05, 0) is 61.9 Å². The molecule has 1 saturated heterocycles. The smallest absolute Gasteiger partial charge is 0.313 e. The molecule has 0 amide bonds. The molecular weight excluding hydrogens is 414 g/mol. The molecule has 0 N–H and O–H groups in total. The van der Waals surface area contributed by atoms with Crippen LogP contribution in [0.25, 0.3) is 0 Å². The lowest BCUT2D eigenvalue weighted by Gasteiger charge is -2.33. The molecule has 1 fully saturated rings. The molecule has 2 aromatic rings. The molecule has 5 nitrogen and oxygen atoms in total. The molecule has 3 rings (SSSR count). The van der Waals surface area contributed by atoms with E-state index in [1.54, 1.807) is 0 Å². The third kappa shape index (κ3) is 7.86. The molecular formula is C28H39NO4. The zero-order valence-electron chi connectivity index (χ0n) is 20.8. The Bertz CT molecular complexity index is 860. The summed E-state index contributed by atoms with van der Waals surface area (Å²) in [6.07, 6.45) is 1.23. The highest BCUT2D eigenvalue weighted by molar-refractivity contribution is 5.77. The highest BCUT2D eigenvalue weighted by atomic mass is 16.5. The fraction of sp³-hybridized carbons (Fsp3) is 0.536. The number of morpholine rings is 1. The standard InChI is InChI=1S/C28H39NO4/c1-20(2)18-23-6-8-24(9-7-23)22(5)28(30)32-17-15-29-14-16-31-27(19-29)25-10-12-26(13-11-25)33-21(3)4/h6-13,20-22,27H,14-19H2,1-5H3. The summed E-state index contributed by atoms with van der Waals surface area (Å²) in [5, 5.41) is 0. The molecule has 0 aromatic heterocycles. The number of rotatable bonds is 10. The molecule has 0 spiro atoms. The number of hydrogen-bond acceptors (Lipinski definition) is 5. The number of carbonyl (C=O) groups is 1. The van der Waals surface area contributed by atoms with E-state index in [0.29, 0.717) is 25.7 Å². The Morgan fingerprint density at radius 3 is 2.36 bits per heavy atom. The van der Waals surface area contributed by atoms with Gasteiger partial charge >= 0.3 is 5.97 Å². The lowest BCUT2D eigenvalue weighted by molar-refractivity contribution is -0.146. The van der Waals surface area contributed by atoms with Gasteiger partial charge in [0.1, 0.15) is 12.4 Å². The predicted octanol–water partition coefficient (Wildman–Crippen LogP) is 5.39. The van der Waals surface area contributed by atoms with Crippen molar-refractivity contribution in [3.8, 4) is 5.75 Å². The van der Waals surface area contributed by atoms with E-state index in [4.69, 9.17) is 14.2 Å². The fourth-order valence-electron chi connectivity index (χ4n) is 4.09. The summed E-state index contributed by atoms with van der Waals surface area (Å²) in [6, 6.07) is 16.5. The molecule has 0 bridgehead atoms. The van der Waals surface area contributed by atoms with Gasteiger partial charge in [0.25, 0.3) is 0 Å². The first-order chi connectivity index (χ1) is 15.8. The van der Waals surface area contributed by atoms with Gasteiger partial charge in [-0.25, -0.2) is 0 Å². The molecule has 1 aliphatic rings. The quantitative estimate of drug-likeness (QED) is 0.451. The zero-order chi connectivity index (χ0) is 23.8. The Labute approximate surface area is 199 Å². The van der Waals surface area contributed by atoms with Crippen LogP contribution in [0.4, 0.5) is 0 Å². The first-order valence-electron chi connectivity index (χ1n) is 12.2. The Morgan fingerprint density at radius 1 is 1.03 bits per heavy atom. The molecule has 180 valence electrons. The minimum Gasteiger partial charge on any atom is -0.491 e. The minimum atomic E-state index is -0.262. The third-order valence-corrected chi connectivity index (χ3v) is 5.90. The Morgan fingerprint density at radius 2 is 1.73 bits per heavy atom. The van der Waals surface area contributed by atoms with Gasteiger partial charge in [-0.1, -0.05) is 50.2 Å². The SMILES string of the molecule is CC(C)Cc1ccc(C(C)C(=O)OCCN2CCOC(c3ccc(OC(C)C)cc3)C2)cc1. The first-order valence-corrected chi connectivity index (χ1v) is 12.2. The van der Waals surface area contributed by atoms with Crippen LogP contribution in [0.3, 0.4) is 0 Å². The average Bonchev–Trinajstić information content (AvgIpc) is 2.79. The summed E-state index contributed by atoms with van der Waals surface area (Å²) in [5.74, 6) is 1.06. The van der Waals surface area contributed by atoms with E-state index in [2.05, 4.69) is 43.0 Å². The van der Waals surface area contributed by atoms with E-state index in [1.165, 1.54) is 5.56 Å². The molecule has 2 atom stereocenters. The third-order valence-electron chi connectivity index (χ3n) is 5.90. The van der Waals surface area contributed by atoms with Gasteiger partial charge in [-0.15, -0.1) is 0 Å². The summed E-state index contributed by atoms with van der Waals surface area (Å²) in [7, 11) is 0. The van der Waals surface area contributed by atoms with Crippen molar-refractivity contribution >= 4 is 5.97 Å². The second-order valence-corrected chi connectivity index (χ2v) is 9.62. The Balaban J connectivity index is 1.44. The summed E-state index contributed by atoms with van der Waals surface area (Å²) in [4.78, 5) is 14.9. The molecule has 0 saturated carbocycles. The summed E-state index contributed by atoms with van der Waals surface area (Å²) in [5.41, 5.74) is 3.45. The monoisotopic (exact) mass is 453 g/mol. The maximum Gasteiger partial charge on any atom is 0.313 e. The van der Waals surface area contributed by atoms with Crippen LogP contribution in [-0.2, 0) is 20.7 Å². The summed E-state index contributed by atoms with van der Waals surface area (Å²) < 4.78 is 17.3. The van der Waals surface area contributed by atoms with E-state index >= 15 is 0 Å². The highest BCUT2D eigenvalue weighted by Gasteiger charge is 2.23. The largest absolute Gasteiger partial charge is 0.491 e. The fourth-order valence-corrected chi connectivity index (χ4v) is 4.09. The van der Waals surface area contributed by atoms with Crippen LogP contribution in [-0.4, -0.2) is 49.8 Å². The van der Waals surface area contributed by atoms with Gasteiger partial charge in [-0.3, -0.25) is 9.69 Å². The van der Waals surface area contributed by atoms with Gasteiger partial charge in [0.05, 0.1) is 24.7 Å². The van der Waals surface area contributed by atoms with Crippen LogP contribution < -0.4 is 4.74 Å². The first kappa shape index (κ1) is 25.3. The van der Waals surface area contributed by atoms with Crippen LogP contribution >= 0.6 is 0 Å². The van der Waals surface area contributed by atoms with Gasteiger partial charge in [0.2, 0.25) is 0 Å². The summed E-state index contributed by atoms with van der Waals surface area (Å²) in [6.45, 7) is 13.8. The van der Waals surface area contributed by atoms with Crippen molar-refractivity contribution in [2.75, 3.05) is 32.8 Å². The van der Waals surface area contributed by atoms with Crippen LogP contribution in [0, 0.1) is 5.92 Å². The number of benzene rings is 2. The second kappa shape index (κ2) is 12.2. The lowest BCUT2D eigenvalue weighted by Crippen LogP contribution is -2.40. The molecule has 2 aromatic carbocycles. The van der Waals surface area contributed by atoms with E-state index in [9.17, 15) is 4.79 Å². The van der Waals surface area contributed by atoms with Crippen molar-refractivity contribution in [3.05, 3.63) is 65.2 Å². The minimum absolute atomic E-state index is 0.0193. The van der Waals surface area contributed by atoms with E-state index in [1.807, 2.05) is 45.0 Å². The number of carbonyl (C=O) groups excluding carboxylic acids is 1. The van der Waals surface area contributed by atoms with Crippen LogP contribution in [0.15, 0.2) is 48.5 Å². The second-order valence-electron chi connectivity index (χ2n) is 9.62. The van der Waals surface area contributed by atoms with Crippen LogP contribution in [0.2, 0.25) is 0 Å². The Hall–Kier alpha value is -2.37. The number of esters is 1. The normalized spacial score (nSPS) is 17.8. The van der Waals surface area contributed by atoms with Crippen molar-refractivity contribution < 1.29 is 19.0 Å². The zero-order valence-corrected chi connectivity index (χ0v) is 20.8. The van der Waals surface area contributed by atoms with Crippen molar-refractivity contribution in [2.45, 2.75) is 59.2 Å². The van der Waals surface area contributed by atoms with Crippen LogP contribution in [0.5, 0.6) is 5.75 Å². The maximum absolute atomic E-state index is 12.6. The molecule has 1 aliphatic heterocycles. The molecule has 2 unspecified atom stereocenters. The topological polar surface area (TPSA) is 48.0 Å². The van der Waals surface area contributed by atoms with Crippen LogP contribution in [0.1, 0.15) is 63.3 Å². The van der Waals surface area contributed by atoms with Gasteiger partial charge in [-0.2, -0.15) is 0 Å².